The monoisotopic (exact) mass is 379 g/mol. The molecule has 0 atom stereocenters. The van der Waals surface area contributed by atoms with Gasteiger partial charge in [-0.05, 0) is 41.8 Å². The number of nitrogen functional groups attached to an aromatic ring is 1. The molecule has 2 aromatic carbocycles. The summed E-state index contributed by atoms with van der Waals surface area (Å²) in [4.78, 5) is 4.24. The van der Waals surface area contributed by atoms with Crippen LogP contribution >= 0.6 is 11.6 Å². The van der Waals surface area contributed by atoms with Crippen LogP contribution in [0.25, 0.3) is 27.7 Å². The molecule has 8 nitrogen and oxygen atoms in total. The molecule has 4 rings (SSSR count). The fourth-order valence-corrected chi connectivity index (χ4v) is 2.99. The first-order chi connectivity index (χ1) is 13.1. The number of rotatable bonds is 3. The Morgan fingerprint density at radius 2 is 1.96 bits per heavy atom. The van der Waals surface area contributed by atoms with Crippen molar-refractivity contribution in [3.05, 3.63) is 65.4 Å². The molecule has 2 heterocycles. The number of fused-ring (bicyclic) bond motifs is 1. The smallest absolute Gasteiger partial charge is 0.149 e. The van der Waals surface area contributed by atoms with E-state index in [-0.39, 0.29) is 5.84 Å². The third kappa shape index (κ3) is 3.07. The summed E-state index contributed by atoms with van der Waals surface area (Å²) >= 11 is 6.14. The molecule has 4 aromatic rings. The fourth-order valence-electron chi connectivity index (χ4n) is 2.82. The second-order valence-corrected chi connectivity index (χ2v) is 6.27. The normalized spacial score (nSPS) is 10.9. The Kier molecular flexibility index (Phi) is 4.19. The van der Waals surface area contributed by atoms with Crippen molar-refractivity contribution in [3.63, 3.8) is 0 Å². The summed E-state index contributed by atoms with van der Waals surface area (Å²) < 4.78 is 1.60. The van der Waals surface area contributed by atoms with Crippen LogP contribution in [0.4, 0.5) is 5.82 Å². The Bertz CT molecular complexity index is 1150. The van der Waals surface area contributed by atoms with Crippen molar-refractivity contribution in [2.45, 2.75) is 0 Å². The number of pyridine rings is 1. The molecule has 0 unspecified atom stereocenters. The maximum Gasteiger partial charge on any atom is 0.149 e. The van der Waals surface area contributed by atoms with Crippen LogP contribution in [0, 0.1) is 5.41 Å². The average molecular weight is 380 g/mol. The number of nitrogens with zero attached hydrogens (tertiary/aromatic N) is 4. The second kappa shape index (κ2) is 6.67. The zero-order valence-corrected chi connectivity index (χ0v) is 14.6. The van der Waals surface area contributed by atoms with E-state index >= 15 is 0 Å². The highest BCUT2D eigenvalue weighted by Crippen LogP contribution is 2.32. The summed E-state index contributed by atoms with van der Waals surface area (Å²) in [5.41, 5.74) is 10.4. The molecule has 0 spiro atoms. The highest BCUT2D eigenvalue weighted by atomic mass is 35.5. The Labute approximate surface area is 158 Å². The third-order valence-electron chi connectivity index (χ3n) is 4.17. The van der Waals surface area contributed by atoms with Crippen molar-refractivity contribution >= 4 is 34.0 Å². The first kappa shape index (κ1) is 17.0. The van der Waals surface area contributed by atoms with E-state index in [9.17, 15) is 0 Å². The van der Waals surface area contributed by atoms with Gasteiger partial charge in [0, 0.05) is 22.2 Å². The van der Waals surface area contributed by atoms with Crippen molar-refractivity contribution in [2.75, 3.05) is 5.73 Å². The van der Waals surface area contributed by atoms with Crippen LogP contribution in [-0.2, 0) is 0 Å². The molecule has 0 aliphatic carbocycles. The van der Waals surface area contributed by atoms with Crippen molar-refractivity contribution in [2.24, 2.45) is 0 Å². The maximum atomic E-state index is 8.81. The summed E-state index contributed by atoms with van der Waals surface area (Å²) in [5.74, 6) is 0.252. The van der Waals surface area contributed by atoms with Crippen molar-refractivity contribution in [1.29, 1.82) is 5.41 Å². The standard InChI is InChI=1S/C18H14ClN7O/c19-12-4-1-11-8-22-18(21)16(14(11)7-12)15-9-26(25-23-15)13-5-2-10(3-6-13)17(20)24-27/h1-9,27H,(H2,20,24)(H2,21,22). The number of halogens is 1. The van der Waals surface area contributed by atoms with Gasteiger partial charge in [-0.3, -0.25) is 16.1 Å². The van der Waals surface area contributed by atoms with E-state index in [1.165, 1.54) is 0 Å². The van der Waals surface area contributed by atoms with Gasteiger partial charge < -0.3 is 5.73 Å². The Morgan fingerprint density at radius 1 is 1.19 bits per heavy atom. The number of amidine groups is 1. The molecule has 134 valence electrons. The first-order valence-electron chi connectivity index (χ1n) is 7.93. The predicted molar refractivity (Wildman–Crippen MR) is 103 cm³/mol. The Balaban J connectivity index is 1.77. The van der Waals surface area contributed by atoms with Gasteiger partial charge in [0.15, 0.2) is 0 Å². The van der Waals surface area contributed by atoms with Gasteiger partial charge in [0.05, 0.1) is 17.4 Å². The van der Waals surface area contributed by atoms with Gasteiger partial charge in [-0.15, -0.1) is 5.10 Å². The van der Waals surface area contributed by atoms with Crippen LogP contribution < -0.4 is 11.2 Å². The van der Waals surface area contributed by atoms with E-state index in [1.807, 2.05) is 17.6 Å². The maximum absolute atomic E-state index is 8.81. The Hall–Kier alpha value is -3.49. The van der Waals surface area contributed by atoms with E-state index < -0.39 is 0 Å². The second-order valence-electron chi connectivity index (χ2n) is 5.83. The first-order valence-corrected chi connectivity index (χ1v) is 8.30. The summed E-state index contributed by atoms with van der Waals surface area (Å²) in [7, 11) is 0. The highest BCUT2D eigenvalue weighted by Gasteiger charge is 2.14. The summed E-state index contributed by atoms with van der Waals surface area (Å²) in [5, 5.41) is 27.1. The Morgan fingerprint density at radius 3 is 2.70 bits per heavy atom. The van der Waals surface area contributed by atoms with E-state index in [0.717, 1.165) is 16.5 Å². The SMILES string of the molecule is N=C(NO)c1ccc(-n2cc(-c3c(N)ncc4ccc(Cl)cc34)nn2)cc1. The molecule has 0 radical (unpaired) electrons. The van der Waals surface area contributed by atoms with Crippen LogP contribution in [0.2, 0.25) is 5.02 Å². The minimum atomic E-state index is -0.0905. The lowest BCUT2D eigenvalue weighted by Gasteiger charge is -2.07. The number of nitrogens with one attached hydrogen (secondary N) is 2. The van der Waals surface area contributed by atoms with Crippen LogP contribution in [0.5, 0.6) is 0 Å². The summed E-state index contributed by atoms with van der Waals surface area (Å²) in [6.45, 7) is 0. The number of hydrogen-bond donors (Lipinski definition) is 4. The third-order valence-corrected chi connectivity index (χ3v) is 4.40. The quantitative estimate of drug-likeness (QED) is 0.246. The van der Waals surface area contributed by atoms with E-state index in [1.54, 1.807) is 47.4 Å². The van der Waals surface area contributed by atoms with E-state index in [2.05, 4.69) is 15.3 Å². The molecule has 0 bridgehead atoms. The summed E-state index contributed by atoms with van der Waals surface area (Å²) in [6, 6.07) is 12.4. The van der Waals surface area contributed by atoms with Crippen LogP contribution in [-0.4, -0.2) is 31.0 Å². The number of aromatic nitrogens is 4. The molecule has 0 amide bonds. The molecule has 5 N–H and O–H groups in total. The van der Waals surface area contributed by atoms with Crippen molar-refractivity contribution in [3.8, 4) is 16.9 Å². The zero-order chi connectivity index (χ0) is 19.0. The van der Waals surface area contributed by atoms with Gasteiger partial charge in [-0.25, -0.2) is 9.67 Å². The molecule has 0 saturated heterocycles. The van der Waals surface area contributed by atoms with E-state index in [4.69, 9.17) is 28.0 Å². The number of hydrogen-bond acceptors (Lipinski definition) is 6. The molecule has 0 saturated carbocycles. The molecule has 2 aromatic heterocycles. The average Bonchev–Trinajstić information content (AvgIpc) is 3.17. The van der Waals surface area contributed by atoms with Crippen LogP contribution in [0.1, 0.15) is 5.56 Å². The molecule has 0 fully saturated rings. The van der Waals surface area contributed by atoms with Gasteiger partial charge in [0.25, 0.3) is 0 Å². The topological polar surface area (TPSA) is 126 Å². The van der Waals surface area contributed by atoms with Crippen molar-refractivity contribution in [1.82, 2.24) is 25.5 Å². The lowest BCUT2D eigenvalue weighted by Crippen LogP contribution is -2.18. The number of benzene rings is 2. The number of hydroxylamine groups is 1. The molecular weight excluding hydrogens is 366 g/mol. The summed E-state index contributed by atoms with van der Waals surface area (Å²) in [6.07, 6.45) is 3.44. The molecular formula is C18H14ClN7O. The molecule has 27 heavy (non-hydrogen) atoms. The lowest BCUT2D eigenvalue weighted by atomic mass is 10.0. The lowest BCUT2D eigenvalue weighted by molar-refractivity contribution is 0.234. The minimum absolute atomic E-state index is 0.0905. The van der Waals surface area contributed by atoms with Crippen molar-refractivity contribution < 1.29 is 5.21 Å². The van der Waals surface area contributed by atoms with E-state index in [0.29, 0.717) is 27.7 Å². The molecule has 0 aliphatic heterocycles. The number of nitrogens with two attached hydrogens (primary N) is 1. The van der Waals surface area contributed by atoms with Gasteiger partial charge in [0.1, 0.15) is 17.3 Å². The van der Waals surface area contributed by atoms with Gasteiger partial charge in [0.2, 0.25) is 0 Å². The minimum Gasteiger partial charge on any atom is -0.383 e. The van der Waals surface area contributed by atoms with Crippen LogP contribution in [0.15, 0.2) is 54.9 Å². The highest BCUT2D eigenvalue weighted by molar-refractivity contribution is 6.31. The molecule has 0 aliphatic rings. The van der Waals surface area contributed by atoms with Crippen LogP contribution in [0.3, 0.4) is 0 Å². The van der Waals surface area contributed by atoms with Gasteiger partial charge in [-0.2, -0.15) is 0 Å². The fraction of sp³-hybridized carbons (Fsp3) is 0. The van der Waals surface area contributed by atoms with Gasteiger partial charge in [-0.1, -0.05) is 22.9 Å². The largest absolute Gasteiger partial charge is 0.383 e. The number of anilines is 1. The van der Waals surface area contributed by atoms with Gasteiger partial charge >= 0.3 is 0 Å². The zero-order valence-electron chi connectivity index (χ0n) is 13.9. The predicted octanol–water partition coefficient (Wildman–Crippen LogP) is 3.02. The molecule has 9 heteroatoms.